The average molecular weight is 1150 g/mol. The maximum absolute atomic E-state index is 15.4. The van der Waals surface area contributed by atoms with E-state index in [1.165, 1.54) is 95.5 Å². The van der Waals surface area contributed by atoms with Gasteiger partial charge >= 0.3 is 5.97 Å². The summed E-state index contributed by atoms with van der Waals surface area (Å²) in [5.74, 6) is -71.7. The Labute approximate surface area is 439 Å². The van der Waals surface area contributed by atoms with Gasteiger partial charge in [-0.1, -0.05) is 134 Å². The molecule has 0 N–H and O–H groups in total. The topological polar surface area (TPSA) is 43.1 Å². The van der Waals surface area contributed by atoms with Gasteiger partial charge < -0.3 is 4.74 Å². The molecule has 0 bridgehead atoms. The molecule has 0 aliphatic rings. The second-order valence-corrected chi connectivity index (χ2v) is 18.3. The smallest absolute Gasteiger partial charge is 0.363 e. The number of unbranched alkanes of at least 4 members (excludes halogenated alkanes) is 15. The molecule has 0 saturated carbocycles. The van der Waals surface area contributed by atoms with Crippen molar-refractivity contribution in [2.75, 3.05) is 6.61 Å². The highest BCUT2D eigenvalue weighted by atomic mass is 19.2. The zero-order valence-corrected chi connectivity index (χ0v) is 41.7. The van der Waals surface area contributed by atoms with Gasteiger partial charge in [0.05, 0.1) is 12.8 Å². The average Bonchev–Trinajstić information content (AvgIpc) is 3.58. The SMILES string of the molecule is CCCCCCCCCCCCCCCCCCOC(=O)c1c[n+](Cc2ccccc2)ccn1.Fc1c(F)c(F)c([B-](c2c(F)c(F)c(F)c(F)c2F)(c2c(F)c(F)c(F)c(F)c2F)c2c(F)c(F)c(F)c(F)c2F)c(F)c1F. The lowest BCUT2D eigenvalue weighted by Crippen LogP contribution is -2.81. The minimum atomic E-state index is -7.22. The van der Waals surface area contributed by atoms with Crippen LogP contribution in [0.2, 0.25) is 0 Å². The Balaban J connectivity index is 0.000000303. The molecule has 0 radical (unpaired) electrons. The van der Waals surface area contributed by atoms with Gasteiger partial charge in [-0.05, 0) is 6.42 Å². The van der Waals surface area contributed by atoms with Crippen LogP contribution >= 0.6 is 0 Å². The molecular weight excluding hydrogens is 1100 g/mol. The van der Waals surface area contributed by atoms with Crippen molar-refractivity contribution >= 4 is 34.0 Å². The summed E-state index contributed by atoms with van der Waals surface area (Å²) in [6, 6.07) is 10.2. The van der Waals surface area contributed by atoms with E-state index < -0.39 is 144 Å². The van der Waals surface area contributed by atoms with E-state index in [0.717, 1.165) is 12.8 Å². The fraction of sp³-hybridized carbons (Fsp3) is 0.352. The van der Waals surface area contributed by atoms with Crippen LogP contribution in [0.3, 0.4) is 0 Å². The number of carbonyl (C=O) groups excluding carboxylic acids is 1. The van der Waals surface area contributed by atoms with Gasteiger partial charge in [0.15, 0.2) is 82.5 Å². The highest BCUT2D eigenvalue weighted by Gasteiger charge is 2.52. The van der Waals surface area contributed by atoms with E-state index in [0.29, 0.717) is 18.8 Å². The molecule has 0 amide bonds. The molecule has 25 heteroatoms. The van der Waals surface area contributed by atoms with Crippen LogP contribution in [0.1, 0.15) is 126 Å². The Kier molecular flexibility index (Phi) is 22.7. The number of halogens is 20. The van der Waals surface area contributed by atoms with Crippen molar-refractivity contribution in [2.45, 2.75) is 116 Å². The van der Waals surface area contributed by atoms with Crippen LogP contribution in [0.5, 0.6) is 0 Å². The molecule has 428 valence electrons. The Bertz CT molecular complexity index is 2730. The number of aromatic nitrogens is 2. The summed E-state index contributed by atoms with van der Waals surface area (Å²) in [5, 5.41) is 0. The predicted octanol–water partition coefficient (Wildman–Crippen LogP) is 13.7. The fourth-order valence-electron chi connectivity index (χ4n) is 9.19. The van der Waals surface area contributed by atoms with Gasteiger partial charge in [-0.2, -0.15) is 4.57 Å². The number of rotatable bonds is 24. The highest BCUT2D eigenvalue weighted by Crippen LogP contribution is 2.31. The van der Waals surface area contributed by atoms with Crippen molar-refractivity contribution in [2.24, 2.45) is 0 Å². The molecule has 5 aromatic carbocycles. The van der Waals surface area contributed by atoms with Crippen LogP contribution in [-0.4, -0.2) is 23.7 Å². The van der Waals surface area contributed by atoms with E-state index >= 15 is 35.1 Å². The summed E-state index contributed by atoms with van der Waals surface area (Å²) in [5.41, 5.74) is -12.8. The molecule has 0 unspecified atom stereocenters. The van der Waals surface area contributed by atoms with Crippen LogP contribution < -0.4 is 26.4 Å². The summed E-state index contributed by atoms with van der Waals surface area (Å²) in [6.07, 6.45) is 19.5. The van der Waals surface area contributed by atoms with E-state index in [9.17, 15) is 57.5 Å². The van der Waals surface area contributed by atoms with Gasteiger partial charge in [0.1, 0.15) is 52.7 Å². The van der Waals surface area contributed by atoms with Gasteiger partial charge in [-0.25, -0.2) is 97.6 Å². The number of hydrogen-bond acceptors (Lipinski definition) is 3. The molecule has 1 heterocycles. The standard InChI is InChI=1S/C30H47N2O2.C24BF20/c1-2-3-4-5-6-7-8-9-10-11-12-13-14-15-16-20-25-34-30(33)29-27-32(24-23-31-29)26-28-21-18-17-19-22-28;26-5-1(6(27)14(35)21(42)13(5)34)25(2-7(28)15(36)22(43)16(37)8(2)29,3-9(30)17(38)23(44)18(39)10(3)31)4-11(32)19(40)24(45)20(41)12(4)33/h17-19,21-24,27H,2-16,20,25-26H2,1H3;/q+1;-1. The lowest BCUT2D eigenvalue weighted by Gasteiger charge is -2.44. The van der Waals surface area contributed by atoms with Crippen LogP contribution in [0, 0.1) is 116 Å². The first-order valence-electron chi connectivity index (χ1n) is 24.8. The van der Waals surface area contributed by atoms with Crippen LogP contribution in [0.4, 0.5) is 87.8 Å². The number of nitrogens with zero attached hydrogens (tertiary/aromatic N) is 2. The summed E-state index contributed by atoms with van der Waals surface area (Å²) in [7, 11) is 0. The number of esters is 1. The van der Waals surface area contributed by atoms with E-state index in [4.69, 9.17) is 4.74 Å². The molecule has 0 saturated heterocycles. The van der Waals surface area contributed by atoms with E-state index in [-0.39, 0.29) is 5.97 Å². The fourth-order valence-corrected chi connectivity index (χ4v) is 9.19. The zero-order chi connectivity index (χ0) is 58.5. The van der Waals surface area contributed by atoms with E-state index in [1.54, 1.807) is 12.4 Å². The second kappa shape index (κ2) is 28.5. The molecule has 1 aromatic heterocycles. The van der Waals surface area contributed by atoms with E-state index in [1.807, 2.05) is 29.0 Å². The summed E-state index contributed by atoms with van der Waals surface area (Å²) in [4.78, 5) is 16.5. The first-order valence-corrected chi connectivity index (χ1v) is 24.8. The van der Waals surface area contributed by atoms with E-state index in [2.05, 4.69) is 24.0 Å². The van der Waals surface area contributed by atoms with Crippen molar-refractivity contribution in [3.05, 3.63) is 177 Å². The van der Waals surface area contributed by atoms with Gasteiger partial charge in [0.25, 0.3) is 0 Å². The summed E-state index contributed by atoms with van der Waals surface area (Å²) >= 11 is 0. The van der Waals surface area contributed by atoms with Crippen LogP contribution in [-0.2, 0) is 11.3 Å². The van der Waals surface area contributed by atoms with Crippen molar-refractivity contribution in [1.29, 1.82) is 0 Å². The minimum absolute atomic E-state index is 0.330. The van der Waals surface area contributed by atoms with Crippen molar-refractivity contribution in [3.63, 3.8) is 0 Å². The summed E-state index contributed by atoms with van der Waals surface area (Å²) < 4.78 is 301. The second-order valence-electron chi connectivity index (χ2n) is 18.3. The monoisotopic (exact) mass is 1150 g/mol. The Hall–Kier alpha value is -6.69. The molecular formula is C54H47BF20N2O2. The molecule has 0 aliphatic heterocycles. The van der Waals surface area contributed by atoms with Crippen molar-refractivity contribution < 1.29 is 102 Å². The predicted molar refractivity (Wildman–Crippen MR) is 249 cm³/mol. The normalized spacial score (nSPS) is 11.6. The molecule has 4 nitrogen and oxygen atoms in total. The first kappa shape index (κ1) is 63.1. The molecule has 0 atom stereocenters. The van der Waals surface area contributed by atoms with Gasteiger partial charge in [0, 0.05) is 5.56 Å². The summed E-state index contributed by atoms with van der Waals surface area (Å²) in [6.45, 7) is 3.47. The molecule has 0 spiro atoms. The molecule has 6 rings (SSSR count). The van der Waals surface area contributed by atoms with Gasteiger partial charge in [0.2, 0.25) is 11.9 Å². The third-order valence-corrected chi connectivity index (χ3v) is 13.1. The van der Waals surface area contributed by atoms with Gasteiger partial charge in [-0.15, -0.1) is 21.9 Å². The number of benzene rings is 5. The highest BCUT2D eigenvalue weighted by molar-refractivity contribution is 7.20. The Morgan fingerprint density at radius 1 is 0.405 bits per heavy atom. The Morgan fingerprint density at radius 3 is 0.987 bits per heavy atom. The lowest BCUT2D eigenvalue weighted by molar-refractivity contribution is -0.689. The molecule has 0 aliphatic carbocycles. The maximum atomic E-state index is 15.4. The van der Waals surface area contributed by atoms with Crippen molar-refractivity contribution in [3.8, 4) is 0 Å². The third-order valence-electron chi connectivity index (χ3n) is 13.1. The lowest BCUT2D eigenvalue weighted by atomic mass is 9.12. The zero-order valence-electron chi connectivity index (χ0n) is 41.7. The third kappa shape index (κ3) is 13.7. The largest absolute Gasteiger partial charge is 0.461 e. The molecule has 79 heavy (non-hydrogen) atoms. The molecule has 0 fully saturated rings. The van der Waals surface area contributed by atoms with Gasteiger partial charge in [-0.3, -0.25) is 0 Å². The number of hydrogen-bond donors (Lipinski definition) is 0. The number of carbonyl (C=O) groups is 1. The maximum Gasteiger partial charge on any atom is 0.363 e. The Morgan fingerprint density at radius 2 is 0.684 bits per heavy atom. The van der Waals surface area contributed by atoms with Crippen LogP contribution in [0.15, 0.2) is 48.9 Å². The van der Waals surface area contributed by atoms with Crippen LogP contribution in [0.25, 0.3) is 0 Å². The molecule has 6 aromatic rings. The number of ether oxygens (including phenoxy) is 1. The van der Waals surface area contributed by atoms with Crippen molar-refractivity contribution in [1.82, 2.24) is 4.98 Å². The first-order chi connectivity index (χ1) is 37.5. The quantitative estimate of drug-likeness (QED) is 0.0115. The minimum Gasteiger partial charge on any atom is -0.461 e.